The average Bonchev–Trinajstić information content (AvgIpc) is 2.98. The molecule has 2 aliphatic rings. The highest BCUT2D eigenvalue weighted by atomic mass is 32.2. The predicted octanol–water partition coefficient (Wildman–Crippen LogP) is 1.36. The fraction of sp³-hybridized carbons (Fsp3) is 0.455. The maximum absolute atomic E-state index is 13.1. The second-order valence-electron chi connectivity index (χ2n) is 7.87. The first kappa shape index (κ1) is 21.6. The standard InChI is InChI=1S/C22H28N4O4S/c1-3-24(4-2)20(27)15-23-11-13-25(14-12-23)21(28)16-26-18-9-5-7-17-8-6-10-19(22(17)18)31(26,29)30/h5-10H,3-4,11-16H2,1-2H3. The summed E-state index contributed by atoms with van der Waals surface area (Å²) in [5, 5.41) is 1.53. The van der Waals surface area contributed by atoms with Crippen molar-refractivity contribution in [2.75, 3.05) is 56.7 Å². The van der Waals surface area contributed by atoms with Crippen LogP contribution in [-0.2, 0) is 19.6 Å². The third-order valence-electron chi connectivity index (χ3n) is 6.16. The quantitative estimate of drug-likeness (QED) is 0.672. The van der Waals surface area contributed by atoms with E-state index in [4.69, 9.17) is 0 Å². The Bertz CT molecular complexity index is 1100. The number of hydrogen-bond donors (Lipinski definition) is 0. The first-order valence-electron chi connectivity index (χ1n) is 10.7. The van der Waals surface area contributed by atoms with Gasteiger partial charge in [-0.2, -0.15) is 0 Å². The van der Waals surface area contributed by atoms with Crippen molar-refractivity contribution in [1.29, 1.82) is 0 Å². The number of anilines is 1. The molecule has 0 saturated carbocycles. The molecule has 4 rings (SSSR count). The Morgan fingerprint density at radius 2 is 1.58 bits per heavy atom. The summed E-state index contributed by atoms with van der Waals surface area (Å²) >= 11 is 0. The van der Waals surface area contributed by atoms with Gasteiger partial charge >= 0.3 is 0 Å². The minimum atomic E-state index is -3.75. The summed E-state index contributed by atoms with van der Waals surface area (Å²) < 4.78 is 27.4. The highest BCUT2D eigenvalue weighted by Gasteiger charge is 2.37. The highest BCUT2D eigenvalue weighted by molar-refractivity contribution is 7.93. The van der Waals surface area contributed by atoms with Gasteiger partial charge in [-0.3, -0.25) is 18.8 Å². The van der Waals surface area contributed by atoms with E-state index in [1.807, 2.05) is 36.9 Å². The Kier molecular flexibility index (Phi) is 5.90. The number of hydrogen-bond acceptors (Lipinski definition) is 5. The first-order valence-corrected chi connectivity index (χ1v) is 12.1. The topological polar surface area (TPSA) is 81.2 Å². The summed E-state index contributed by atoms with van der Waals surface area (Å²) in [6.07, 6.45) is 0. The van der Waals surface area contributed by atoms with Crippen molar-refractivity contribution in [2.24, 2.45) is 0 Å². The van der Waals surface area contributed by atoms with Crippen LogP contribution in [0.4, 0.5) is 5.69 Å². The van der Waals surface area contributed by atoms with Crippen LogP contribution in [0, 0.1) is 0 Å². The number of nitrogens with zero attached hydrogens (tertiary/aromatic N) is 4. The molecular formula is C22H28N4O4S. The lowest BCUT2D eigenvalue weighted by Gasteiger charge is -2.36. The van der Waals surface area contributed by atoms with Crippen LogP contribution in [0.3, 0.4) is 0 Å². The van der Waals surface area contributed by atoms with Crippen molar-refractivity contribution in [3.8, 4) is 0 Å². The number of sulfonamides is 1. The van der Waals surface area contributed by atoms with Crippen LogP contribution in [0.25, 0.3) is 10.8 Å². The second-order valence-corrected chi connectivity index (χ2v) is 9.70. The average molecular weight is 445 g/mol. The van der Waals surface area contributed by atoms with Gasteiger partial charge in [-0.1, -0.05) is 24.3 Å². The molecule has 0 aromatic heterocycles. The molecule has 2 heterocycles. The first-order chi connectivity index (χ1) is 14.9. The van der Waals surface area contributed by atoms with Crippen LogP contribution in [-0.4, -0.2) is 87.3 Å². The molecule has 31 heavy (non-hydrogen) atoms. The summed E-state index contributed by atoms with van der Waals surface area (Å²) in [5.41, 5.74) is 0.560. The van der Waals surface area contributed by atoms with Gasteiger partial charge in [-0.05, 0) is 31.4 Å². The fourth-order valence-corrected chi connectivity index (χ4v) is 6.03. The number of piperazine rings is 1. The van der Waals surface area contributed by atoms with Crippen molar-refractivity contribution in [3.05, 3.63) is 36.4 Å². The molecule has 0 atom stereocenters. The smallest absolute Gasteiger partial charge is 0.265 e. The van der Waals surface area contributed by atoms with Crippen molar-refractivity contribution in [3.63, 3.8) is 0 Å². The zero-order chi connectivity index (χ0) is 22.2. The fourth-order valence-electron chi connectivity index (χ4n) is 4.37. The largest absolute Gasteiger partial charge is 0.342 e. The summed E-state index contributed by atoms with van der Waals surface area (Å²) in [4.78, 5) is 31.1. The molecule has 2 aromatic rings. The van der Waals surface area contributed by atoms with Crippen LogP contribution >= 0.6 is 0 Å². The monoisotopic (exact) mass is 444 g/mol. The van der Waals surface area contributed by atoms with Gasteiger partial charge in [0.1, 0.15) is 6.54 Å². The van der Waals surface area contributed by atoms with E-state index in [0.717, 1.165) is 5.39 Å². The molecule has 1 fully saturated rings. The lowest BCUT2D eigenvalue weighted by molar-refractivity contribution is -0.134. The third-order valence-corrected chi connectivity index (χ3v) is 7.96. The maximum atomic E-state index is 13.1. The van der Waals surface area contributed by atoms with E-state index >= 15 is 0 Å². The lowest BCUT2D eigenvalue weighted by Crippen LogP contribution is -2.53. The molecule has 8 nitrogen and oxygen atoms in total. The van der Waals surface area contributed by atoms with E-state index in [2.05, 4.69) is 0 Å². The van der Waals surface area contributed by atoms with Gasteiger partial charge in [0, 0.05) is 44.7 Å². The number of benzene rings is 2. The van der Waals surface area contributed by atoms with Gasteiger partial charge in [0.05, 0.1) is 17.1 Å². The maximum Gasteiger partial charge on any atom is 0.265 e. The van der Waals surface area contributed by atoms with Crippen molar-refractivity contribution < 1.29 is 18.0 Å². The molecule has 0 radical (unpaired) electrons. The highest BCUT2D eigenvalue weighted by Crippen LogP contribution is 2.41. The van der Waals surface area contributed by atoms with E-state index in [-0.39, 0.29) is 23.3 Å². The van der Waals surface area contributed by atoms with E-state index in [1.165, 1.54) is 4.31 Å². The number of rotatable bonds is 6. The lowest BCUT2D eigenvalue weighted by atomic mass is 10.1. The van der Waals surface area contributed by atoms with Crippen LogP contribution < -0.4 is 4.31 Å². The summed E-state index contributed by atoms with van der Waals surface area (Å²) in [5.74, 6) is -0.123. The number of carbonyl (C=O) groups excluding carboxylic acids is 2. The van der Waals surface area contributed by atoms with E-state index in [0.29, 0.717) is 56.9 Å². The Hall–Kier alpha value is -2.65. The van der Waals surface area contributed by atoms with E-state index in [9.17, 15) is 18.0 Å². The zero-order valence-electron chi connectivity index (χ0n) is 18.0. The minimum Gasteiger partial charge on any atom is -0.342 e. The van der Waals surface area contributed by atoms with Crippen LogP contribution in [0.15, 0.2) is 41.3 Å². The van der Waals surface area contributed by atoms with Gasteiger partial charge in [0.25, 0.3) is 10.0 Å². The molecule has 9 heteroatoms. The van der Waals surface area contributed by atoms with Crippen LogP contribution in [0.5, 0.6) is 0 Å². The Morgan fingerprint density at radius 1 is 0.935 bits per heavy atom. The van der Waals surface area contributed by atoms with E-state index < -0.39 is 10.0 Å². The Balaban J connectivity index is 1.41. The van der Waals surface area contributed by atoms with Gasteiger partial charge < -0.3 is 9.80 Å². The van der Waals surface area contributed by atoms with Gasteiger partial charge in [0.15, 0.2) is 0 Å². The minimum absolute atomic E-state index is 0.0961. The Morgan fingerprint density at radius 3 is 2.23 bits per heavy atom. The molecule has 0 unspecified atom stereocenters. The van der Waals surface area contributed by atoms with Crippen molar-refractivity contribution >= 4 is 38.3 Å². The summed E-state index contributed by atoms with van der Waals surface area (Å²) in [7, 11) is -3.75. The Labute approximate surface area is 183 Å². The van der Waals surface area contributed by atoms with Crippen molar-refractivity contribution in [1.82, 2.24) is 14.7 Å². The molecule has 0 bridgehead atoms. The molecule has 2 amide bonds. The number of likely N-dealkylation sites (N-methyl/N-ethyl adjacent to an activating group) is 1. The van der Waals surface area contributed by atoms with Crippen LogP contribution in [0.2, 0.25) is 0 Å². The van der Waals surface area contributed by atoms with Gasteiger partial charge in [0.2, 0.25) is 11.8 Å². The predicted molar refractivity (Wildman–Crippen MR) is 119 cm³/mol. The molecule has 166 valence electrons. The molecule has 2 aliphatic heterocycles. The SMILES string of the molecule is CCN(CC)C(=O)CN1CCN(C(=O)CN2c3cccc4cccc(c34)S2(=O)=O)CC1. The third kappa shape index (κ3) is 3.87. The molecule has 2 aromatic carbocycles. The van der Waals surface area contributed by atoms with Crippen molar-refractivity contribution in [2.45, 2.75) is 18.7 Å². The molecule has 1 saturated heterocycles. The summed E-state index contributed by atoms with van der Waals surface area (Å²) in [6.45, 7) is 7.59. The van der Waals surface area contributed by atoms with E-state index in [1.54, 1.807) is 28.0 Å². The molecular weight excluding hydrogens is 416 g/mol. The molecule has 0 aliphatic carbocycles. The molecule has 0 spiro atoms. The number of amides is 2. The normalized spacial score (nSPS) is 17.9. The second kappa shape index (κ2) is 8.47. The van der Waals surface area contributed by atoms with Crippen LogP contribution in [0.1, 0.15) is 13.8 Å². The summed E-state index contributed by atoms with van der Waals surface area (Å²) in [6, 6.07) is 10.6. The van der Waals surface area contributed by atoms with Gasteiger partial charge in [-0.25, -0.2) is 8.42 Å². The number of carbonyl (C=O) groups is 2. The molecule has 0 N–H and O–H groups in total. The van der Waals surface area contributed by atoms with Gasteiger partial charge in [-0.15, -0.1) is 0 Å². The zero-order valence-corrected chi connectivity index (χ0v) is 18.8.